The number of carbonyl (C=O) groups excluding carboxylic acids is 1. The van der Waals surface area contributed by atoms with Gasteiger partial charge in [-0.2, -0.15) is 0 Å². The first kappa shape index (κ1) is 12.3. The number of hydrogen-bond donors (Lipinski definition) is 1. The minimum Gasteiger partial charge on any atom is -0.430 e. The topological polar surface area (TPSA) is 62.3 Å². The summed E-state index contributed by atoms with van der Waals surface area (Å²) in [6.07, 6.45) is 1.24. The molecule has 3 aliphatic heterocycles. The van der Waals surface area contributed by atoms with Crippen LogP contribution in [0, 0.1) is 0 Å². The van der Waals surface area contributed by atoms with E-state index in [1.54, 1.807) is 24.3 Å². The SMILES string of the molecule is CN1C2CC(O)(OC(=O)c3ccccc3)CC1[C@@H]1O[C@H]21. The summed E-state index contributed by atoms with van der Waals surface area (Å²) >= 11 is 0. The molecule has 4 rings (SSSR count). The lowest BCUT2D eigenvalue weighted by Crippen LogP contribution is -2.54. The molecule has 3 unspecified atom stereocenters. The van der Waals surface area contributed by atoms with Crippen molar-refractivity contribution in [1.29, 1.82) is 0 Å². The molecule has 0 amide bonds. The van der Waals surface area contributed by atoms with E-state index in [-0.39, 0.29) is 24.3 Å². The van der Waals surface area contributed by atoms with Crippen molar-refractivity contribution < 1.29 is 19.4 Å². The van der Waals surface area contributed by atoms with Crippen molar-refractivity contribution in [3.63, 3.8) is 0 Å². The molecule has 0 aromatic heterocycles. The molecule has 20 heavy (non-hydrogen) atoms. The van der Waals surface area contributed by atoms with Crippen LogP contribution in [-0.2, 0) is 9.47 Å². The van der Waals surface area contributed by atoms with Gasteiger partial charge in [-0.3, -0.25) is 4.90 Å². The number of nitrogens with zero attached hydrogens (tertiary/aromatic N) is 1. The van der Waals surface area contributed by atoms with E-state index in [0.717, 1.165) is 0 Å². The second-order valence-corrected chi connectivity index (χ2v) is 5.98. The number of fused-ring (bicyclic) bond motifs is 5. The molecule has 3 fully saturated rings. The van der Waals surface area contributed by atoms with E-state index < -0.39 is 11.8 Å². The van der Waals surface area contributed by atoms with Gasteiger partial charge in [-0.1, -0.05) is 18.2 Å². The Morgan fingerprint density at radius 3 is 2.50 bits per heavy atom. The first-order chi connectivity index (χ1) is 9.57. The fourth-order valence-corrected chi connectivity index (χ4v) is 3.61. The molecule has 3 saturated heterocycles. The normalized spacial score (nSPS) is 42.1. The lowest BCUT2D eigenvalue weighted by Gasteiger charge is -2.42. The number of aliphatic hydroxyl groups is 1. The largest absolute Gasteiger partial charge is 0.430 e. The molecular formula is C15H17NO4. The first-order valence-corrected chi connectivity index (χ1v) is 6.96. The molecule has 5 nitrogen and oxygen atoms in total. The molecule has 5 atom stereocenters. The number of esters is 1. The fraction of sp³-hybridized carbons (Fsp3) is 0.533. The van der Waals surface area contributed by atoms with Gasteiger partial charge in [0.1, 0.15) is 12.2 Å². The molecule has 1 N–H and O–H groups in total. The molecule has 106 valence electrons. The summed E-state index contributed by atoms with van der Waals surface area (Å²) < 4.78 is 11.0. The Labute approximate surface area is 117 Å². The molecule has 5 heteroatoms. The number of morpholine rings is 1. The van der Waals surface area contributed by atoms with Crippen molar-refractivity contribution in [2.45, 2.75) is 42.9 Å². The Morgan fingerprint density at radius 2 is 1.90 bits per heavy atom. The minimum absolute atomic E-state index is 0.146. The molecule has 1 aromatic rings. The molecule has 0 spiro atoms. The third-order valence-electron chi connectivity index (χ3n) is 4.71. The zero-order valence-electron chi connectivity index (χ0n) is 11.2. The number of rotatable bonds is 2. The Bertz CT molecular complexity index is 528. The second-order valence-electron chi connectivity index (χ2n) is 5.98. The summed E-state index contributed by atoms with van der Waals surface area (Å²) in [6.45, 7) is 0. The summed E-state index contributed by atoms with van der Waals surface area (Å²) in [5.74, 6) is -1.84. The zero-order chi connectivity index (χ0) is 13.9. The van der Waals surface area contributed by atoms with Gasteiger partial charge in [0.2, 0.25) is 5.79 Å². The van der Waals surface area contributed by atoms with Crippen LogP contribution in [0.15, 0.2) is 30.3 Å². The highest BCUT2D eigenvalue weighted by atomic mass is 16.7. The van der Waals surface area contributed by atoms with Crippen molar-refractivity contribution in [3.8, 4) is 0 Å². The average molecular weight is 275 g/mol. The summed E-state index contributed by atoms with van der Waals surface area (Å²) in [4.78, 5) is 14.3. The number of epoxide rings is 1. The maximum absolute atomic E-state index is 12.1. The third kappa shape index (κ3) is 1.78. The van der Waals surface area contributed by atoms with Crippen molar-refractivity contribution >= 4 is 5.97 Å². The smallest absolute Gasteiger partial charge is 0.340 e. The lowest BCUT2D eigenvalue weighted by molar-refractivity contribution is -0.211. The van der Waals surface area contributed by atoms with Crippen LogP contribution >= 0.6 is 0 Å². The van der Waals surface area contributed by atoms with Gasteiger partial charge in [0.05, 0.1) is 5.56 Å². The zero-order valence-corrected chi connectivity index (χ0v) is 11.2. The Kier molecular flexibility index (Phi) is 2.49. The fourth-order valence-electron chi connectivity index (χ4n) is 3.61. The standard InChI is InChI=1S/C15H17NO4/c1-16-10-7-15(18,8-11(16)13-12(10)19-13)20-14(17)9-5-3-2-4-6-9/h2-6,10-13,18H,7-8H2,1H3/t10?,11?,12-,13+,15?. The van der Waals surface area contributed by atoms with E-state index in [9.17, 15) is 9.90 Å². The molecule has 0 saturated carbocycles. The number of likely N-dealkylation sites (N-methyl/N-ethyl adjacent to an activating group) is 1. The van der Waals surface area contributed by atoms with Gasteiger partial charge < -0.3 is 14.6 Å². The number of benzene rings is 1. The highest BCUT2D eigenvalue weighted by molar-refractivity contribution is 5.89. The molecule has 1 aromatic carbocycles. The minimum atomic E-state index is -1.37. The molecular weight excluding hydrogens is 258 g/mol. The Hall–Kier alpha value is -1.43. The van der Waals surface area contributed by atoms with Crippen LogP contribution < -0.4 is 0 Å². The van der Waals surface area contributed by atoms with Crippen LogP contribution in [0.1, 0.15) is 23.2 Å². The van der Waals surface area contributed by atoms with Gasteiger partial charge in [0, 0.05) is 24.9 Å². The van der Waals surface area contributed by atoms with Crippen LogP contribution in [0.25, 0.3) is 0 Å². The van der Waals surface area contributed by atoms with Crippen molar-refractivity contribution in [1.82, 2.24) is 4.90 Å². The molecule has 0 radical (unpaired) electrons. The number of hydrogen-bond acceptors (Lipinski definition) is 5. The van der Waals surface area contributed by atoms with Gasteiger partial charge in [-0.05, 0) is 19.2 Å². The van der Waals surface area contributed by atoms with Crippen molar-refractivity contribution in [2.75, 3.05) is 7.05 Å². The van der Waals surface area contributed by atoms with E-state index in [4.69, 9.17) is 9.47 Å². The summed E-state index contributed by atoms with van der Waals surface area (Å²) in [6, 6.07) is 9.07. The maximum Gasteiger partial charge on any atom is 0.340 e. The monoisotopic (exact) mass is 275 g/mol. The van der Waals surface area contributed by atoms with Crippen LogP contribution in [-0.4, -0.2) is 53.1 Å². The van der Waals surface area contributed by atoms with Gasteiger partial charge in [-0.15, -0.1) is 0 Å². The highest BCUT2D eigenvalue weighted by Gasteiger charge is 2.66. The van der Waals surface area contributed by atoms with Crippen LogP contribution in [0.5, 0.6) is 0 Å². The predicted molar refractivity (Wildman–Crippen MR) is 70.0 cm³/mol. The predicted octanol–water partition coefficient (Wildman–Crippen LogP) is 0.776. The van der Waals surface area contributed by atoms with Crippen LogP contribution in [0.4, 0.5) is 0 Å². The molecule has 3 aliphatic rings. The van der Waals surface area contributed by atoms with Crippen LogP contribution in [0.2, 0.25) is 0 Å². The summed E-state index contributed by atoms with van der Waals surface area (Å²) in [5, 5.41) is 10.6. The first-order valence-electron chi connectivity index (χ1n) is 6.96. The van der Waals surface area contributed by atoms with Gasteiger partial charge in [0.15, 0.2) is 0 Å². The van der Waals surface area contributed by atoms with Crippen molar-refractivity contribution in [3.05, 3.63) is 35.9 Å². The average Bonchev–Trinajstić information content (AvgIpc) is 3.18. The number of ether oxygens (including phenoxy) is 2. The molecule has 3 heterocycles. The third-order valence-corrected chi connectivity index (χ3v) is 4.71. The van der Waals surface area contributed by atoms with E-state index in [2.05, 4.69) is 4.90 Å². The number of piperidine rings is 1. The maximum atomic E-state index is 12.1. The molecule has 0 aliphatic carbocycles. The van der Waals surface area contributed by atoms with Gasteiger partial charge >= 0.3 is 5.97 Å². The second kappa shape index (κ2) is 4.04. The van der Waals surface area contributed by atoms with Crippen molar-refractivity contribution in [2.24, 2.45) is 0 Å². The Morgan fingerprint density at radius 1 is 1.30 bits per heavy atom. The quantitative estimate of drug-likeness (QED) is 0.491. The van der Waals surface area contributed by atoms with E-state index >= 15 is 0 Å². The summed E-state index contributed by atoms with van der Waals surface area (Å²) in [5.41, 5.74) is 0.466. The van der Waals surface area contributed by atoms with E-state index in [1.807, 2.05) is 13.1 Å². The number of carbonyl (C=O) groups is 1. The van der Waals surface area contributed by atoms with Gasteiger partial charge in [0.25, 0.3) is 0 Å². The highest BCUT2D eigenvalue weighted by Crippen LogP contribution is 2.50. The van der Waals surface area contributed by atoms with Gasteiger partial charge in [-0.25, -0.2) is 4.79 Å². The van der Waals surface area contributed by atoms with E-state index in [1.165, 1.54) is 0 Å². The molecule has 2 bridgehead atoms. The lowest BCUT2D eigenvalue weighted by atomic mass is 9.95. The van der Waals surface area contributed by atoms with E-state index in [0.29, 0.717) is 18.4 Å². The Balaban J connectivity index is 1.51. The summed E-state index contributed by atoms with van der Waals surface area (Å²) in [7, 11) is 2.05. The van der Waals surface area contributed by atoms with Crippen LogP contribution in [0.3, 0.4) is 0 Å².